The highest BCUT2D eigenvalue weighted by atomic mass is 16.6. The molecule has 0 bridgehead atoms. The van der Waals surface area contributed by atoms with Crippen LogP contribution < -0.4 is 4.74 Å². The van der Waals surface area contributed by atoms with Gasteiger partial charge in [0.05, 0.1) is 6.61 Å². The minimum atomic E-state index is -0.734. The Morgan fingerprint density at radius 3 is 2.25 bits per heavy atom. The lowest BCUT2D eigenvalue weighted by molar-refractivity contribution is -0.140. The van der Waals surface area contributed by atoms with Gasteiger partial charge in [-0.15, -0.1) is 0 Å². The van der Waals surface area contributed by atoms with E-state index in [-0.39, 0.29) is 5.97 Å². The molecule has 90 valence electrons. The molecule has 0 aliphatic rings. The highest BCUT2D eigenvalue weighted by Crippen LogP contribution is 2.09. The number of rotatable bonds is 3. The molecule has 0 saturated carbocycles. The first-order valence-electron chi connectivity index (χ1n) is 5.09. The molecule has 0 aliphatic carbocycles. The summed E-state index contributed by atoms with van der Waals surface area (Å²) in [5.74, 6) is 0.481. The minimum Gasteiger partial charge on any atom is -0.466 e. The van der Waals surface area contributed by atoms with Crippen molar-refractivity contribution in [2.75, 3.05) is 6.61 Å². The molecular weight excluding hydrogens is 208 g/mol. The minimum absolute atomic E-state index is 0.211. The van der Waals surface area contributed by atoms with E-state index in [9.17, 15) is 4.79 Å². The summed E-state index contributed by atoms with van der Waals surface area (Å²) >= 11 is 0. The SMILES string of the molecule is CC(O)Oc1ccccc1.CCOC(C)=O. The Morgan fingerprint density at radius 1 is 1.38 bits per heavy atom. The molecule has 1 atom stereocenters. The van der Waals surface area contributed by atoms with Gasteiger partial charge in [0.1, 0.15) is 5.75 Å². The van der Waals surface area contributed by atoms with E-state index in [1.807, 2.05) is 18.2 Å². The van der Waals surface area contributed by atoms with E-state index in [1.165, 1.54) is 6.92 Å². The average molecular weight is 226 g/mol. The number of carbonyl (C=O) groups is 1. The van der Waals surface area contributed by atoms with Crippen molar-refractivity contribution in [3.63, 3.8) is 0 Å². The first kappa shape index (κ1) is 14.5. The zero-order chi connectivity index (χ0) is 12.4. The van der Waals surface area contributed by atoms with Gasteiger partial charge in [0, 0.05) is 6.92 Å². The zero-order valence-corrected chi connectivity index (χ0v) is 9.84. The molecule has 1 unspecified atom stereocenters. The summed E-state index contributed by atoms with van der Waals surface area (Å²) in [6.45, 7) is 5.23. The first-order chi connectivity index (χ1) is 7.56. The Labute approximate surface area is 95.8 Å². The normalized spacial score (nSPS) is 10.8. The molecule has 0 fully saturated rings. The second-order valence-corrected chi connectivity index (χ2v) is 2.95. The molecule has 4 heteroatoms. The first-order valence-corrected chi connectivity index (χ1v) is 5.09. The predicted octanol–water partition coefficient (Wildman–Crippen LogP) is 1.97. The molecule has 1 rings (SSSR count). The molecule has 0 heterocycles. The fraction of sp³-hybridized carbons (Fsp3) is 0.417. The van der Waals surface area contributed by atoms with Crippen molar-refractivity contribution in [3.05, 3.63) is 30.3 Å². The van der Waals surface area contributed by atoms with Gasteiger partial charge in [0.25, 0.3) is 0 Å². The zero-order valence-electron chi connectivity index (χ0n) is 9.84. The topological polar surface area (TPSA) is 55.8 Å². The molecule has 0 aromatic heterocycles. The van der Waals surface area contributed by atoms with Crippen LogP contribution in [0.5, 0.6) is 5.75 Å². The van der Waals surface area contributed by atoms with Gasteiger partial charge in [-0.3, -0.25) is 4.79 Å². The van der Waals surface area contributed by atoms with Crippen LogP contribution in [-0.4, -0.2) is 24.0 Å². The third-order valence-corrected chi connectivity index (χ3v) is 1.40. The molecule has 1 N–H and O–H groups in total. The molecular formula is C12H18O4. The molecule has 0 aliphatic heterocycles. The fourth-order valence-electron chi connectivity index (χ4n) is 0.899. The standard InChI is InChI=1S/C8H10O2.C4H8O2/c1-7(9)10-8-5-3-2-4-6-8;1-3-6-4(2)5/h2-7,9H,1H3;3H2,1-2H3. The Bertz CT molecular complexity index is 282. The van der Waals surface area contributed by atoms with E-state index >= 15 is 0 Å². The van der Waals surface area contributed by atoms with Crippen LogP contribution in [0.2, 0.25) is 0 Å². The molecule has 0 saturated heterocycles. The van der Waals surface area contributed by atoms with Crippen molar-refractivity contribution < 1.29 is 19.4 Å². The largest absolute Gasteiger partial charge is 0.466 e. The summed E-state index contributed by atoms with van der Waals surface area (Å²) in [6, 6.07) is 9.21. The van der Waals surface area contributed by atoms with E-state index in [1.54, 1.807) is 26.0 Å². The van der Waals surface area contributed by atoms with Crippen LogP contribution in [0.3, 0.4) is 0 Å². The quantitative estimate of drug-likeness (QED) is 0.632. The van der Waals surface area contributed by atoms with Crippen molar-refractivity contribution in [1.29, 1.82) is 0 Å². The Morgan fingerprint density at radius 2 is 1.94 bits per heavy atom. The smallest absolute Gasteiger partial charge is 0.302 e. The van der Waals surface area contributed by atoms with Crippen LogP contribution in [0.4, 0.5) is 0 Å². The van der Waals surface area contributed by atoms with Crippen molar-refractivity contribution in [3.8, 4) is 5.75 Å². The number of para-hydroxylation sites is 1. The number of aliphatic hydroxyl groups is 1. The summed E-state index contributed by atoms with van der Waals surface area (Å²) < 4.78 is 9.37. The number of hydrogen-bond acceptors (Lipinski definition) is 4. The number of carbonyl (C=O) groups excluding carboxylic acids is 1. The lowest BCUT2D eigenvalue weighted by atomic mass is 10.3. The van der Waals surface area contributed by atoms with Crippen molar-refractivity contribution >= 4 is 5.97 Å². The number of ether oxygens (including phenoxy) is 2. The van der Waals surface area contributed by atoms with E-state index in [0.29, 0.717) is 12.4 Å². The Balaban J connectivity index is 0.000000325. The summed E-state index contributed by atoms with van der Waals surface area (Å²) in [6.07, 6.45) is -0.734. The molecule has 1 aromatic carbocycles. The van der Waals surface area contributed by atoms with Gasteiger partial charge in [-0.25, -0.2) is 0 Å². The Kier molecular flexibility index (Phi) is 7.89. The van der Waals surface area contributed by atoms with E-state index in [0.717, 1.165) is 0 Å². The van der Waals surface area contributed by atoms with E-state index in [2.05, 4.69) is 4.74 Å². The Hall–Kier alpha value is -1.55. The maximum absolute atomic E-state index is 9.82. The third kappa shape index (κ3) is 9.02. The number of esters is 1. The molecule has 0 radical (unpaired) electrons. The van der Waals surface area contributed by atoms with Gasteiger partial charge < -0.3 is 14.6 Å². The van der Waals surface area contributed by atoms with Crippen LogP contribution in [0.25, 0.3) is 0 Å². The molecule has 0 spiro atoms. The van der Waals surface area contributed by atoms with Gasteiger partial charge in [0.15, 0.2) is 6.29 Å². The number of aliphatic hydroxyl groups excluding tert-OH is 1. The van der Waals surface area contributed by atoms with Crippen molar-refractivity contribution in [2.24, 2.45) is 0 Å². The van der Waals surface area contributed by atoms with Gasteiger partial charge in [-0.2, -0.15) is 0 Å². The molecule has 0 amide bonds. The van der Waals surface area contributed by atoms with Gasteiger partial charge in [-0.1, -0.05) is 18.2 Å². The van der Waals surface area contributed by atoms with Crippen LogP contribution in [0, 0.1) is 0 Å². The summed E-state index contributed by atoms with van der Waals surface area (Å²) in [4.78, 5) is 9.82. The van der Waals surface area contributed by atoms with Gasteiger partial charge >= 0.3 is 5.97 Å². The van der Waals surface area contributed by atoms with E-state index in [4.69, 9.17) is 9.84 Å². The van der Waals surface area contributed by atoms with E-state index < -0.39 is 6.29 Å². The van der Waals surface area contributed by atoms with Crippen LogP contribution in [0.15, 0.2) is 30.3 Å². The lowest BCUT2D eigenvalue weighted by Gasteiger charge is -2.06. The molecule has 4 nitrogen and oxygen atoms in total. The highest BCUT2D eigenvalue weighted by molar-refractivity contribution is 5.65. The fourth-order valence-corrected chi connectivity index (χ4v) is 0.899. The summed E-state index contributed by atoms with van der Waals surface area (Å²) in [5.41, 5.74) is 0. The lowest BCUT2D eigenvalue weighted by Crippen LogP contribution is -2.08. The highest BCUT2D eigenvalue weighted by Gasteiger charge is 1.94. The molecule has 16 heavy (non-hydrogen) atoms. The summed E-state index contributed by atoms with van der Waals surface area (Å²) in [5, 5.41) is 8.78. The molecule has 1 aromatic rings. The number of benzene rings is 1. The van der Waals surface area contributed by atoms with Crippen molar-refractivity contribution in [1.82, 2.24) is 0 Å². The maximum Gasteiger partial charge on any atom is 0.302 e. The van der Waals surface area contributed by atoms with Crippen molar-refractivity contribution in [2.45, 2.75) is 27.1 Å². The van der Waals surface area contributed by atoms with Crippen LogP contribution in [-0.2, 0) is 9.53 Å². The number of hydrogen-bond donors (Lipinski definition) is 1. The van der Waals surface area contributed by atoms with Crippen LogP contribution in [0.1, 0.15) is 20.8 Å². The summed E-state index contributed by atoms with van der Waals surface area (Å²) in [7, 11) is 0. The monoisotopic (exact) mass is 226 g/mol. The second-order valence-electron chi connectivity index (χ2n) is 2.95. The van der Waals surface area contributed by atoms with Gasteiger partial charge in [0.2, 0.25) is 0 Å². The average Bonchev–Trinajstić information content (AvgIpc) is 2.18. The maximum atomic E-state index is 9.82. The van der Waals surface area contributed by atoms with Crippen LogP contribution >= 0.6 is 0 Å². The second kappa shape index (κ2) is 8.73. The third-order valence-electron chi connectivity index (χ3n) is 1.40. The predicted molar refractivity (Wildman–Crippen MR) is 61.1 cm³/mol. The van der Waals surface area contributed by atoms with Gasteiger partial charge in [-0.05, 0) is 26.0 Å².